The molecule has 0 saturated carbocycles. The standard InChI is InChI=1S/C19H17Cl2N5O/c20-14-4-1-12(2-5-14)9-10-22-19(27)15-6-8-17-24-25-18(26(15)17)13-3-7-16(21)23-11-13/h1-5,7,11,15H,6,8-10H2,(H,22,27). The van der Waals surface area contributed by atoms with E-state index in [0.717, 1.165) is 29.8 Å². The molecule has 3 heterocycles. The number of carbonyl (C=O) groups excluding carboxylic acids is 1. The second kappa shape index (κ2) is 7.66. The minimum absolute atomic E-state index is 0.0225. The number of benzene rings is 1. The van der Waals surface area contributed by atoms with Crippen molar-refractivity contribution in [2.24, 2.45) is 0 Å². The highest BCUT2D eigenvalue weighted by Gasteiger charge is 2.32. The fourth-order valence-electron chi connectivity index (χ4n) is 3.27. The van der Waals surface area contributed by atoms with Gasteiger partial charge in [-0.15, -0.1) is 10.2 Å². The van der Waals surface area contributed by atoms with E-state index in [1.54, 1.807) is 12.3 Å². The Kier molecular flexibility index (Phi) is 5.09. The molecule has 0 aliphatic carbocycles. The molecular formula is C19H17Cl2N5O. The van der Waals surface area contributed by atoms with E-state index in [0.29, 0.717) is 29.0 Å². The predicted molar refractivity (Wildman–Crippen MR) is 104 cm³/mol. The van der Waals surface area contributed by atoms with E-state index in [9.17, 15) is 4.79 Å². The van der Waals surface area contributed by atoms with E-state index in [1.165, 1.54) is 0 Å². The minimum Gasteiger partial charge on any atom is -0.354 e. The highest BCUT2D eigenvalue weighted by atomic mass is 35.5. The number of rotatable bonds is 5. The van der Waals surface area contributed by atoms with Crippen LogP contribution in [0.2, 0.25) is 10.2 Å². The molecule has 3 aromatic rings. The number of pyridine rings is 1. The van der Waals surface area contributed by atoms with Crippen molar-refractivity contribution >= 4 is 29.1 Å². The van der Waals surface area contributed by atoms with Crippen LogP contribution in [0.3, 0.4) is 0 Å². The SMILES string of the molecule is O=C(NCCc1ccc(Cl)cc1)C1CCc2nnc(-c3ccc(Cl)nc3)n21. The molecule has 0 fully saturated rings. The van der Waals surface area contributed by atoms with Crippen LogP contribution in [0.4, 0.5) is 0 Å². The van der Waals surface area contributed by atoms with E-state index < -0.39 is 0 Å². The molecule has 4 rings (SSSR count). The number of hydrogen-bond donors (Lipinski definition) is 1. The van der Waals surface area contributed by atoms with Crippen LogP contribution in [-0.4, -0.2) is 32.2 Å². The van der Waals surface area contributed by atoms with Crippen LogP contribution in [0.1, 0.15) is 23.9 Å². The summed E-state index contributed by atoms with van der Waals surface area (Å²) < 4.78 is 1.91. The first-order valence-corrected chi connectivity index (χ1v) is 9.45. The van der Waals surface area contributed by atoms with Crippen molar-refractivity contribution < 1.29 is 4.79 Å². The normalized spacial score (nSPS) is 15.6. The van der Waals surface area contributed by atoms with E-state index in [-0.39, 0.29) is 11.9 Å². The topological polar surface area (TPSA) is 72.7 Å². The monoisotopic (exact) mass is 401 g/mol. The molecule has 2 aromatic heterocycles. The molecule has 0 radical (unpaired) electrons. The summed E-state index contributed by atoms with van der Waals surface area (Å²) >= 11 is 11.8. The van der Waals surface area contributed by atoms with Gasteiger partial charge in [-0.1, -0.05) is 35.3 Å². The number of aromatic nitrogens is 4. The lowest BCUT2D eigenvalue weighted by Crippen LogP contribution is -2.32. The van der Waals surface area contributed by atoms with Crippen molar-refractivity contribution in [1.29, 1.82) is 0 Å². The van der Waals surface area contributed by atoms with Gasteiger partial charge in [0.1, 0.15) is 17.0 Å². The second-order valence-corrected chi connectivity index (χ2v) is 7.23. The predicted octanol–water partition coefficient (Wildman–Crippen LogP) is 3.49. The maximum absolute atomic E-state index is 12.7. The molecule has 6 nitrogen and oxygen atoms in total. The number of amides is 1. The third-order valence-electron chi connectivity index (χ3n) is 4.63. The van der Waals surface area contributed by atoms with Crippen LogP contribution in [0.5, 0.6) is 0 Å². The molecule has 1 aliphatic heterocycles. The Bertz CT molecular complexity index is 953. The van der Waals surface area contributed by atoms with Gasteiger partial charge >= 0.3 is 0 Å². The zero-order chi connectivity index (χ0) is 18.8. The van der Waals surface area contributed by atoms with Crippen LogP contribution in [0, 0.1) is 0 Å². The third kappa shape index (κ3) is 3.82. The average molecular weight is 402 g/mol. The van der Waals surface area contributed by atoms with Gasteiger partial charge in [0.25, 0.3) is 0 Å². The van der Waals surface area contributed by atoms with E-state index >= 15 is 0 Å². The molecule has 1 aromatic carbocycles. The number of fused-ring (bicyclic) bond motifs is 1. The summed E-state index contributed by atoms with van der Waals surface area (Å²) in [4.78, 5) is 16.8. The highest BCUT2D eigenvalue weighted by molar-refractivity contribution is 6.30. The van der Waals surface area contributed by atoms with Crippen LogP contribution < -0.4 is 5.32 Å². The molecule has 0 saturated heterocycles. The second-order valence-electron chi connectivity index (χ2n) is 6.40. The molecule has 1 atom stereocenters. The van der Waals surface area contributed by atoms with Gasteiger partial charge < -0.3 is 5.32 Å². The molecule has 138 valence electrons. The summed E-state index contributed by atoms with van der Waals surface area (Å²) in [5, 5.41) is 12.6. The number of carbonyl (C=O) groups is 1. The molecule has 1 aliphatic rings. The van der Waals surface area contributed by atoms with Gasteiger partial charge in [-0.2, -0.15) is 0 Å². The Labute approximate surface area is 166 Å². The summed E-state index contributed by atoms with van der Waals surface area (Å²) in [5.41, 5.74) is 1.92. The molecule has 27 heavy (non-hydrogen) atoms. The lowest BCUT2D eigenvalue weighted by molar-refractivity contribution is -0.124. The van der Waals surface area contributed by atoms with Crippen molar-refractivity contribution in [3.63, 3.8) is 0 Å². The summed E-state index contributed by atoms with van der Waals surface area (Å²) in [7, 11) is 0. The molecule has 1 unspecified atom stereocenters. The van der Waals surface area contributed by atoms with Gasteiger partial charge in [-0.3, -0.25) is 9.36 Å². The number of nitrogens with one attached hydrogen (secondary N) is 1. The van der Waals surface area contributed by atoms with Crippen LogP contribution >= 0.6 is 23.2 Å². The van der Waals surface area contributed by atoms with Gasteiger partial charge in [-0.05, 0) is 42.7 Å². The van der Waals surface area contributed by atoms with Crippen molar-refractivity contribution in [2.75, 3.05) is 6.54 Å². The molecule has 0 spiro atoms. The zero-order valence-electron chi connectivity index (χ0n) is 14.4. The Morgan fingerprint density at radius 3 is 2.70 bits per heavy atom. The maximum Gasteiger partial charge on any atom is 0.243 e. The van der Waals surface area contributed by atoms with E-state index in [4.69, 9.17) is 23.2 Å². The van der Waals surface area contributed by atoms with Crippen LogP contribution in [-0.2, 0) is 17.6 Å². The lowest BCUT2D eigenvalue weighted by atomic mass is 10.1. The van der Waals surface area contributed by atoms with E-state index in [2.05, 4.69) is 20.5 Å². The molecule has 0 bridgehead atoms. The molecular weight excluding hydrogens is 385 g/mol. The van der Waals surface area contributed by atoms with Gasteiger partial charge in [0.05, 0.1) is 0 Å². The largest absolute Gasteiger partial charge is 0.354 e. The van der Waals surface area contributed by atoms with Crippen molar-refractivity contribution in [3.05, 3.63) is 64.2 Å². The molecule has 1 N–H and O–H groups in total. The van der Waals surface area contributed by atoms with Gasteiger partial charge in [0.15, 0.2) is 5.82 Å². The van der Waals surface area contributed by atoms with Gasteiger partial charge in [0.2, 0.25) is 5.91 Å². The summed E-state index contributed by atoms with van der Waals surface area (Å²) in [5.74, 6) is 1.44. The number of halogens is 2. The Hall–Kier alpha value is -2.44. The quantitative estimate of drug-likeness (QED) is 0.664. The van der Waals surface area contributed by atoms with Gasteiger partial charge in [0, 0.05) is 29.7 Å². The minimum atomic E-state index is -0.314. The first-order valence-electron chi connectivity index (χ1n) is 8.69. The van der Waals surface area contributed by atoms with Crippen molar-refractivity contribution in [1.82, 2.24) is 25.1 Å². The van der Waals surface area contributed by atoms with Crippen molar-refractivity contribution in [3.8, 4) is 11.4 Å². The summed E-state index contributed by atoms with van der Waals surface area (Å²) in [6.45, 7) is 0.562. The van der Waals surface area contributed by atoms with Crippen LogP contribution in [0.25, 0.3) is 11.4 Å². The molecule has 8 heteroatoms. The first kappa shape index (κ1) is 17.9. The summed E-state index contributed by atoms with van der Waals surface area (Å²) in [6, 6.07) is 10.9. The molecule has 1 amide bonds. The lowest BCUT2D eigenvalue weighted by Gasteiger charge is -2.15. The van der Waals surface area contributed by atoms with Gasteiger partial charge in [-0.25, -0.2) is 4.98 Å². The van der Waals surface area contributed by atoms with Crippen molar-refractivity contribution in [2.45, 2.75) is 25.3 Å². The Balaban J connectivity index is 1.45. The highest BCUT2D eigenvalue weighted by Crippen LogP contribution is 2.31. The number of aryl methyl sites for hydroxylation is 1. The van der Waals surface area contributed by atoms with E-state index in [1.807, 2.05) is 34.9 Å². The third-order valence-corrected chi connectivity index (χ3v) is 5.11. The Morgan fingerprint density at radius 1 is 1.15 bits per heavy atom. The van der Waals surface area contributed by atoms with Crippen LogP contribution in [0.15, 0.2) is 42.6 Å². The fraction of sp³-hybridized carbons (Fsp3) is 0.263. The smallest absolute Gasteiger partial charge is 0.243 e. The fourth-order valence-corrected chi connectivity index (χ4v) is 3.51. The number of hydrogen-bond acceptors (Lipinski definition) is 4. The Morgan fingerprint density at radius 2 is 1.96 bits per heavy atom. The number of nitrogens with zero attached hydrogens (tertiary/aromatic N) is 4. The zero-order valence-corrected chi connectivity index (χ0v) is 15.9. The average Bonchev–Trinajstić information content (AvgIpc) is 3.26. The maximum atomic E-state index is 12.7. The summed E-state index contributed by atoms with van der Waals surface area (Å²) in [6.07, 6.45) is 3.83. The first-order chi connectivity index (χ1) is 13.1.